The molecule has 0 aromatic rings. The fourth-order valence-electron chi connectivity index (χ4n) is 1.17. The first-order valence-electron chi connectivity index (χ1n) is 3.41. The first-order valence-corrected chi connectivity index (χ1v) is 3.82. The minimum absolute atomic E-state index is 0.583. The highest BCUT2D eigenvalue weighted by Crippen LogP contribution is 2.22. The summed E-state index contributed by atoms with van der Waals surface area (Å²) >= 11 is 5.15. The smallest absolute Gasteiger partial charge is 0.0108 e. The minimum atomic E-state index is 0.583. The van der Waals surface area contributed by atoms with Gasteiger partial charge in [0.1, 0.15) is 0 Å². The Morgan fingerprint density at radius 2 is 2.33 bits per heavy atom. The van der Waals surface area contributed by atoms with Gasteiger partial charge in [-0.3, -0.25) is 0 Å². The van der Waals surface area contributed by atoms with Crippen molar-refractivity contribution in [3.8, 4) is 0 Å². The molecule has 0 saturated carbocycles. The summed E-state index contributed by atoms with van der Waals surface area (Å²) in [6.07, 6.45) is 5.43. The van der Waals surface area contributed by atoms with E-state index in [9.17, 15) is 0 Å². The number of rotatable bonds is 1. The maximum atomic E-state index is 5.15. The van der Waals surface area contributed by atoms with E-state index in [4.69, 9.17) is 12.2 Å². The fourth-order valence-corrected chi connectivity index (χ4v) is 1.62. The van der Waals surface area contributed by atoms with Crippen LogP contribution < -0.4 is 0 Å². The highest BCUT2D eigenvalue weighted by Gasteiger charge is 2.17. The Morgan fingerprint density at radius 1 is 1.67 bits per heavy atom. The molecule has 1 unspecified atom stereocenters. The molecular weight excluding hydrogens is 128 g/mol. The number of thiocarbonyl (C=S) groups is 1. The molecule has 0 aromatic carbocycles. The third-order valence-corrected chi connectivity index (χ3v) is 2.19. The Bertz CT molecular complexity index is 145. The van der Waals surface area contributed by atoms with Crippen molar-refractivity contribution in [3.05, 3.63) is 12.2 Å². The van der Waals surface area contributed by atoms with Crippen LogP contribution >= 0.6 is 12.2 Å². The number of hydrogen-bond donors (Lipinski definition) is 0. The quantitative estimate of drug-likeness (QED) is 0.398. The van der Waals surface area contributed by atoms with Crippen LogP contribution in [0, 0.1) is 11.8 Å². The molecular formula is C8H12S. The summed E-state index contributed by atoms with van der Waals surface area (Å²) in [5.74, 6) is 1.27. The Hall–Kier alpha value is -0.170. The Kier molecular flexibility index (Phi) is 2.01. The van der Waals surface area contributed by atoms with Crippen molar-refractivity contribution in [3.63, 3.8) is 0 Å². The molecule has 0 aromatic heterocycles. The summed E-state index contributed by atoms with van der Waals surface area (Å²) in [4.78, 5) is 1.21. The zero-order valence-electron chi connectivity index (χ0n) is 5.92. The molecule has 1 aliphatic rings. The Balaban J connectivity index is 2.59. The SMILES string of the molecule is CC(C)C1C=CCC1=S. The van der Waals surface area contributed by atoms with Crippen LogP contribution in [-0.2, 0) is 0 Å². The predicted molar refractivity (Wildman–Crippen MR) is 44.7 cm³/mol. The van der Waals surface area contributed by atoms with Crippen molar-refractivity contribution in [2.24, 2.45) is 11.8 Å². The maximum Gasteiger partial charge on any atom is 0.0108 e. The van der Waals surface area contributed by atoms with Crippen LogP contribution in [0.25, 0.3) is 0 Å². The second-order valence-corrected chi connectivity index (χ2v) is 3.39. The molecule has 0 bridgehead atoms. The van der Waals surface area contributed by atoms with Gasteiger partial charge in [0.15, 0.2) is 0 Å². The van der Waals surface area contributed by atoms with Crippen LogP contribution in [0.3, 0.4) is 0 Å². The van der Waals surface area contributed by atoms with Gasteiger partial charge in [-0.1, -0.05) is 38.2 Å². The monoisotopic (exact) mass is 140 g/mol. The van der Waals surface area contributed by atoms with Crippen molar-refractivity contribution in [2.45, 2.75) is 20.3 Å². The van der Waals surface area contributed by atoms with Crippen molar-refractivity contribution in [2.75, 3.05) is 0 Å². The average molecular weight is 140 g/mol. The molecule has 0 aliphatic heterocycles. The van der Waals surface area contributed by atoms with Gasteiger partial charge in [-0.2, -0.15) is 0 Å². The molecule has 50 valence electrons. The van der Waals surface area contributed by atoms with E-state index >= 15 is 0 Å². The highest BCUT2D eigenvalue weighted by atomic mass is 32.1. The highest BCUT2D eigenvalue weighted by molar-refractivity contribution is 7.80. The predicted octanol–water partition coefficient (Wildman–Crippen LogP) is 2.59. The largest absolute Gasteiger partial charge is 0.0887 e. The molecule has 9 heavy (non-hydrogen) atoms. The van der Waals surface area contributed by atoms with E-state index < -0.39 is 0 Å². The van der Waals surface area contributed by atoms with Crippen LogP contribution in [0.1, 0.15) is 20.3 Å². The van der Waals surface area contributed by atoms with E-state index in [0.717, 1.165) is 6.42 Å². The zero-order valence-corrected chi connectivity index (χ0v) is 6.74. The number of hydrogen-bond acceptors (Lipinski definition) is 1. The van der Waals surface area contributed by atoms with Crippen LogP contribution in [0.15, 0.2) is 12.2 Å². The van der Waals surface area contributed by atoms with E-state index in [2.05, 4.69) is 26.0 Å². The summed E-state index contributed by atoms with van der Waals surface area (Å²) in [6, 6.07) is 0. The van der Waals surface area contributed by atoms with Crippen molar-refractivity contribution >= 4 is 17.1 Å². The molecule has 1 atom stereocenters. The fraction of sp³-hybridized carbons (Fsp3) is 0.625. The van der Waals surface area contributed by atoms with Gasteiger partial charge in [-0.25, -0.2) is 0 Å². The summed E-state index contributed by atoms with van der Waals surface area (Å²) < 4.78 is 0. The molecule has 0 spiro atoms. The van der Waals surface area contributed by atoms with E-state index in [1.54, 1.807) is 0 Å². The lowest BCUT2D eigenvalue weighted by Crippen LogP contribution is -2.10. The summed E-state index contributed by atoms with van der Waals surface area (Å²) in [5, 5.41) is 0. The maximum absolute atomic E-state index is 5.15. The lowest BCUT2D eigenvalue weighted by molar-refractivity contribution is 0.586. The van der Waals surface area contributed by atoms with Crippen LogP contribution in [0.4, 0.5) is 0 Å². The summed E-state index contributed by atoms with van der Waals surface area (Å²) in [5.41, 5.74) is 0. The van der Waals surface area contributed by atoms with Gasteiger partial charge < -0.3 is 0 Å². The van der Waals surface area contributed by atoms with Gasteiger partial charge >= 0.3 is 0 Å². The summed E-state index contributed by atoms with van der Waals surface area (Å²) in [7, 11) is 0. The van der Waals surface area contributed by atoms with Gasteiger partial charge in [0.05, 0.1) is 0 Å². The lowest BCUT2D eigenvalue weighted by atomic mass is 9.96. The van der Waals surface area contributed by atoms with Gasteiger partial charge in [0.2, 0.25) is 0 Å². The second kappa shape index (κ2) is 2.61. The van der Waals surface area contributed by atoms with E-state index in [-0.39, 0.29) is 0 Å². The van der Waals surface area contributed by atoms with E-state index in [1.165, 1.54) is 4.86 Å². The van der Waals surface area contributed by atoms with Gasteiger partial charge in [0.25, 0.3) is 0 Å². The van der Waals surface area contributed by atoms with Crippen molar-refractivity contribution < 1.29 is 0 Å². The Labute approximate surface area is 62.0 Å². The molecule has 0 saturated heterocycles. The van der Waals surface area contributed by atoms with Crippen LogP contribution in [0.5, 0.6) is 0 Å². The molecule has 0 amide bonds. The topological polar surface area (TPSA) is 0 Å². The van der Waals surface area contributed by atoms with Crippen molar-refractivity contribution in [1.82, 2.24) is 0 Å². The van der Waals surface area contributed by atoms with Crippen LogP contribution in [0.2, 0.25) is 0 Å². The standard InChI is InChI=1S/C8H12S/c1-6(2)7-4-3-5-8(7)9/h3-4,6-7H,5H2,1-2H3. The zero-order chi connectivity index (χ0) is 6.85. The molecule has 1 aliphatic carbocycles. The van der Waals surface area contributed by atoms with E-state index in [0.29, 0.717) is 11.8 Å². The number of allylic oxidation sites excluding steroid dienone is 2. The van der Waals surface area contributed by atoms with Crippen LogP contribution in [-0.4, -0.2) is 4.86 Å². The molecule has 1 rings (SSSR count). The molecule has 0 heterocycles. The molecule has 0 N–H and O–H groups in total. The minimum Gasteiger partial charge on any atom is -0.0887 e. The third kappa shape index (κ3) is 1.39. The normalized spacial score (nSPS) is 26.1. The van der Waals surface area contributed by atoms with Gasteiger partial charge in [-0.05, 0) is 12.3 Å². The van der Waals surface area contributed by atoms with Gasteiger partial charge in [0, 0.05) is 10.8 Å². The Morgan fingerprint density at radius 3 is 2.56 bits per heavy atom. The average Bonchev–Trinajstić information content (AvgIpc) is 2.13. The second-order valence-electron chi connectivity index (χ2n) is 2.87. The van der Waals surface area contributed by atoms with E-state index in [1.807, 2.05) is 0 Å². The third-order valence-electron chi connectivity index (χ3n) is 1.75. The lowest BCUT2D eigenvalue weighted by Gasteiger charge is -2.11. The molecule has 1 heteroatoms. The summed E-state index contributed by atoms with van der Waals surface area (Å²) in [6.45, 7) is 4.43. The molecule has 0 nitrogen and oxygen atoms in total. The van der Waals surface area contributed by atoms with Crippen molar-refractivity contribution in [1.29, 1.82) is 0 Å². The molecule has 0 fully saturated rings. The first-order chi connectivity index (χ1) is 4.22. The first kappa shape index (κ1) is 6.94. The molecule has 0 radical (unpaired) electrons. The van der Waals surface area contributed by atoms with Gasteiger partial charge in [-0.15, -0.1) is 0 Å².